The van der Waals surface area contributed by atoms with E-state index in [1.807, 2.05) is 19.1 Å². The lowest BCUT2D eigenvalue weighted by Gasteiger charge is -2.07. The van der Waals surface area contributed by atoms with Crippen LogP contribution in [0.15, 0.2) is 24.3 Å². The van der Waals surface area contributed by atoms with Crippen molar-refractivity contribution in [3.8, 4) is 0 Å². The van der Waals surface area contributed by atoms with E-state index in [-0.39, 0.29) is 5.91 Å². The molecular weight excluding hydrogens is 266 g/mol. The lowest BCUT2D eigenvalue weighted by Crippen LogP contribution is -2.11. The highest BCUT2D eigenvalue weighted by molar-refractivity contribution is 5.91. The average Bonchev–Trinajstić information content (AvgIpc) is 2.41. The Balaban J connectivity index is 2.62. The maximum Gasteiger partial charge on any atom is 0.328 e. The van der Waals surface area contributed by atoms with Gasteiger partial charge in [-0.1, -0.05) is 32.3 Å². The number of carbonyl (C=O) groups is 2. The smallest absolute Gasteiger partial charge is 0.328 e. The van der Waals surface area contributed by atoms with Gasteiger partial charge in [0.2, 0.25) is 5.91 Å². The van der Waals surface area contributed by atoms with Gasteiger partial charge in [-0.25, -0.2) is 4.79 Å². The first-order chi connectivity index (χ1) is 10.0. The molecule has 4 nitrogen and oxygen atoms in total. The third-order valence-electron chi connectivity index (χ3n) is 3.06. The van der Waals surface area contributed by atoms with Gasteiger partial charge in [-0.3, -0.25) is 4.79 Å². The van der Waals surface area contributed by atoms with Crippen LogP contribution >= 0.6 is 0 Å². The molecule has 1 aromatic carbocycles. The van der Waals surface area contributed by atoms with E-state index in [0.717, 1.165) is 42.9 Å². The highest BCUT2D eigenvalue weighted by atomic mass is 16.4. The second-order valence-corrected chi connectivity index (χ2v) is 5.16. The van der Waals surface area contributed by atoms with E-state index in [1.165, 1.54) is 6.08 Å². The van der Waals surface area contributed by atoms with Crippen LogP contribution in [0.4, 0.5) is 5.69 Å². The monoisotopic (exact) mass is 289 g/mol. The summed E-state index contributed by atoms with van der Waals surface area (Å²) in [6.45, 7) is 4.05. The predicted molar refractivity (Wildman–Crippen MR) is 85.2 cm³/mol. The van der Waals surface area contributed by atoms with Gasteiger partial charge in [0, 0.05) is 18.2 Å². The second-order valence-electron chi connectivity index (χ2n) is 5.16. The van der Waals surface area contributed by atoms with Gasteiger partial charge in [0.05, 0.1) is 0 Å². The minimum atomic E-state index is -0.988. The van der Waals surface area contributed by atoms with Crippen molar-refractivity contribution < 1.29 is 14.7 Å². The molecule has 0 atom stereocenters. The molecule has 0 radical (unpaired) electrons. The first kappa shape index (κ1) is 17.0. The second kappa shape index (κ2) is 8.95. The summed E-state index contributed by atoms with van der Waals surface area (Å²) in [5.41, 5.74) is 2.45. The molecule has 0 heterocycles. The van der Waals surface area contributed by atoms with E-state index in [0.29, 0.717) is 12.1 Å². The number of hydrogen-bond donors (Lipinski definition) is 2. The zero-order valence-electron chi connectivity index (χ0n) is 12.7. The van der Waals surface area contributed by atoms with Gasteiger partial charge in [-0.2, -0.15) is 0 Å². The van der Waals surface area contributed by atoms with Gasteiger partial charge in [0.15, 0.2) is 0 Å². The summed E-state index contributed by atoms with van der Waals surface area (Å²) < 4.78 is 0. The molecule has 0 saturated carbocycles. The molecule has 0 aliphatic rings. The molecule has 21 heavy (non-hydrogen) atoms. The largest absolute Gasteiger partial charge is 0.478 e. The Hall–Kier alpha value is -2.10. The molecule has 0 spiro atoms. The standard InChI is InChI=1S/C17H23NO3/c1-3-4-5-6-7-16(19)18-15-11-13(2)10-14(12-15)8-9-17(20)21/h8-12H,3-7H2,1-2H3,(H,18,19)(H,20,21)/b9-8+. The van der Waals surface area contributed by atoms with Crippen LogP contribution in [0.1, 0.15) is 50.2 Å². The molecule has 1 rings (SSSR count). The molecular formula is C17H23NO3. The Bertz CT molecular complexity index is 521. The number of benzene rings is 1. The fourth-order valence-electron chi connectivity index (χ4n) is 2.08. The van der Waals surface area contributed by atoms with Crippen LogP contribution in [0.3, 0.4) is 0 Å². The fraction of sp³-hybridized carbons (Fsp3) is 0.412. The third-order valence-corrected chi connectivity index (χ3v) is 3.06. The molecule has 0 unspecified atom stereocenters. The number of aliphatic carboxylic acids is 1. The van der Waals surface area contributed by atoms with Crippen LogP contribution in [0, 0.1) is 6.92 Å². The number of anilines is 1. The van der Waals surface area contributed by atoms with E-state index in [1.54, 1.807) is 6.07 Å². The van der Waals surface area contributed by atoms with Crippen molar-refractivity contribution in [1.29, 1.82) is 0 Å². The van der Waals surface area contributed by atoms with Crippen molar-refractivity contribution in [3.05, 3.63) is 35.4 Å². The van der Waals surface area contributed by atoms with Gasteiger partial charge in [0.1, 0.15) is 0 Å². The number of nitrogens with one attached hydrogen (secondary N) is 1. The maximum atomic E-state index is 11.8. The number of carbonyl (C=O) groups excluding carboxylic acids is 1. The first-order valence-electron chi connectivity index (χ1n) is 7.34. The summed E-state index contributed by atoms with van der Waals surface area (Å²) in [4.78, 5) is 22.4. The summed E-state index contributed by atoms with van der Waals surface area (Å²) >= 11 is 0. The summed E-state index contributed by atoms with van der Waals surface area (Å²) in [7, 11) is 0. The van der Waals surface area contributed by atoms with E-state index in [9.17, 15) is 9.59 Å². The Labute approximate surface area is 125 Å². The van der Waals surface area contributed by atoms with E-state index in [2.05, 4.69) is 12.2 Å². The summed E-state index contributed by atoms with van der Waals surface area (Å²) in [6.07, 6.45) is 7.41. The molecule has 0 aromatic heterocycles. The number of hydrogen-bond acceptors (Lipinski definition) is 2. The van der Waals surface area contributed by atoms with Crippen LogP contribution in [0.5, 0.6) is 0 Å². The number of aryl methyl sites for hydroxylation is 1. The number of amides is 1. The molecule has 4 heteroatoms. The average molecular weight is 289 g/mol. The van der Waals surface area contributed by atoms with Gasteiger partial charge < -0.3 is 10.4 Å². The Morgan fingerprint density at radius 1 is 1.19 bits per heavy atom. The molecule has 2 N–H and O–H groups in total. The normalized spacial score (nSPS) is 10.8. The minimum absolute atomic E-state index is 0.00451. The van der Waals surface area contributed by atoms with Crippen molar-refractivity contribution >= 4 is 23.6 Å². The van der Waals surface area contributed by atoms with Crippen LogP contribution in [0.25, 0.3) is 6.08 Å². The summed E-state index contributed by atoms with van der Waals surface area (Å²) in [5.74, 6) is -0.983. The summed E-state index contributed by atoms with van der Waals surface area (Å²) in [6, 6.07) is 5.52. The Morgan fingerprint density at radius 3 is 2.62 bits per heavy atom. The van der Waals surface area contributed by atoms with Crippen LogP contribution in [0.2, 0.25) is 0 Å². The molecule has 0 saturated heterocycles. The zero-order chi connectivity index (χ0) is 15.7. The summed E-state index contributed by atoms with van der Waals surface area (Å²) in [5, 5.41) is 11.5. The van der Waals surface area contributed by atoms with Crippen molar-refractivity contribution in [2.75, 3.05) is 5.32 Å². The van der Waals surface area contributed by atoms with Crippen LogP contribution in [-0.4, -0.2) is 17.0 Å². The lowest BCUT2D eigenvalue weighted by atomic mass is 10.1. The van der Waals surface area contributed by atoms with Gasteiger partial charge in [0.25, 0.3) is 0 Å². The Kier molecular flexibility index (Phi) is 7.23. The molecule has 0 aliphatic heterocycles. The van der Waals surface area contributed by atoms with Gasteiger partial charge in [-0.05, 0) is 42.7 Å². The number of carboxylic acid groups (broad SMARTS) is 1. The van der Waals surface area contributed by atoms with Crippen LogP contribution in [-0.2, 0) is 9.59 Å². The zero-order valence-corrected chi connectivity index (χ0v) is 12.7. The molecule has 1 amide bonds. The molecule has 114 valence electrons. The highest BCUT2D eigenvalue weighted by Gasteiger charge is 2.03. The highest BCUT2D eigenvalue weighted by Crippen LogP contribution is 2.16. The maximum absolute atomic E-state index is 11.8. The van der Waals surface area contributed by atoms with E-state index < -0.39 is 5.97 Å². The van der Waals surface area contributed by atoms with Crippen molar-refractivity contribution in [3.63, 3.8) is 0 Å². The van der Waals surface area contributed by atoms with Crippen molar-refractivity contribution in [1.82, 2.24) is 0 Å². The molecule has 0 bridgehead atoms. The Morgan fingerprint density at radius 2 is 1.95 bits per heavy atom. The predicted octanol–water partition coefficient (Wildman–Crippen LogP) is 4.00. The number of carboxylic acids is 1. The molecule has 0 aliphatic carbocycles. The number of rotatable bonds is 8. The quantitative estimate of drug-likeness (QED) is 0.561. The van der Waals surface area contributed by atoms with Gasteiger partial charge in [-0.15, -0.1) is 0 Å². The number of unbranched alkanes of at least 4 members (excludes halogenated alkanes) is 3. The van der Waals surface area contributed by atoms with E-state index >= 15 is 0 Å². The van der Waals surface area contributed by atoms with E-state index in [4.69, 9.17) is 5.11 Å². The lowest BCUT2D eigenvalue weighted by molar-refractivity contribution is -0.131. The first-order valence-corrected chi connectivity index (χ1v) is 7.34. The molecule has 0 fully saturated rings. The van der Waals surface area contributed by atoms with Crippen molar-refractivity contribution in [2.45, 2.75) is 46.0 Å². The minimum Gasteiger partial charge on any atom is -0.478 e. The van der Waals surface area contributed by atoms with Crippen LogP contribution < -0.4 is 5.32 Å². The topological polar surface area (TPSA) is 66.4 Å². The molecule has 1 aromatic rings. The van der Waals surface area contributed by atoms with Gasteiger partial charge >= 0.3 is 5.97 Å². The van der Waals surface area contributed by atoms with Crippen molar-refractivity contribution in [2.24, 2.45) is 0 Å². The fourth-order valence-corrected chi connectivity index (χ4v) is 2.08. The third kappa shape index (κ3) is 7.30. The SMILES string of the molecule is CCCCCCC(=O)Nc1cc(C)cc(/C=C/C(=O)O)c1.